The van der Waals surface area contributed by atoms with E-state index < -0.39 is 11.8 Å². The number of hydrogen-bond acceptors (Lipinski definition) is 4. The fraction of sp³-hybridized carbons (Fsp3) is 0.467. The zero-order valence-electron chi connectivity index (χ0n) is 11.8. The van der Waals surface area contributed by atoms with E-state index in [1.54, 1.807) is 0 Å². The SMILES string of the molecule is CC(C)(C#N)CCCCOC(=O)c1ccc(F)c(N)c1. The van der Waals surface area contributed by atoms with E-state index in [4.69, 9.17) is 15.7 Å². The molecule has 0 atom stereocenters. The van der Waals surface area contributed by atoms with Crippen molar-refractivity contribution in [2.24, 2.45) is 5.41 Å². The molecule has 0 fully saturated rings. The van der Waals surface area contributed by atoms with Gasteiger partial charge < -0.3 is 10.5 Å². The lowest BCUT2D eigenvalue weighted by atomic mass is 9.89. The smallest absolute Gasteiger partial charge is 0.338 e. The van der Waals surface area contributed by atoms with E-state index in [1.165, 1.54) is 12.1 Å². The number of anilines is 1. The lowest BCUT2D eigenvalue weighted by molar-refractivity contribution is 0.0496. The number of carbonyl (C=O) groups is 1. The van der Waals surface area contributed by atoms with Crippen LogP contribution < -0.4 is 5.73 Å². The Hall–Kier alpha value is -2.09. The first-order chi connectivity index (χ1) is 9.35. The minimum absolute atomic E-state index is 0.0739. The first kappa shape index (κ1) is 16.0. The Labute approximate surface area is 118 Å². The van der Waals surface area contributed by atoms with Crippen LogP contribution in [0.1, 0.15) is 43.5 Å². The second kappa shape index (κ2) is 6.90. The molecule has 108 valence electrons. The topological polar surface area (TPSA) is 76.1 Å². The van der Waals surface area contributed by atoms with E-state index in [0.29, 0.717) is 6.42 Å². The van der Waals surface area contributed by atoms with Gasteiger partial charge in [0.25, 0.3) is 0 Å². The van der Waals surface area contributed by atoms with Gasteiger partial charge in [-0.1, -0.05) is 0 Å². The minimum atomic E-state index is -0.555. The largest absolute Gasteiger partial charge is 0.462 e. The van der Waals surface area contributed by atoms with Crippen molar-refractivity contribution in [2.45, 2.75) is 33.1 Å². The molecule has 0 aliphatic carbocycles. The van der Waals surface area contributed by atoms with Crippen LogP contribution in [0.25, 0.3) is 0 Å². The summed E-state index contributed by atoms with van der Waals surface area (Å²) in [5, 5.41) is 8.86. The molecule has 0 aliphatic heterocycles. The number of nitrogens with zero attached hydrogens (tertiary/aromatic N) is 1. The highest BCUT2D eigenvalue weighted by molar-refractivity contribution is 5.90. The molecule has 0 radical (unpaired) electrons. The van der Waals surface area contributed by atoms with Gasteiger partial charge in [0.15, 0.2) is 0 Å². The molecule has 5 heteroatoms. The van der Waals surface area contributed by atoms with Crippen LogP contribution in [-0.2, 0) is 4.74 Å². The fourth-order valence-electron chi connectivity index (χ4n) is 1.64. The number of esters is 1. The summed E-state index contributed by atoms with van der Waals surface area (Å²) in [5.74, 6) is -1.07. The monoisotopic (exact) mass is 278 g/mol. The molecule has 0 saturated heterocycles. The molecule has 0 spiro atoms. The third kappa shape index (κ3) is 4.88. The molecule has 1 aromatic rings. The Bertz CT molecular complexity index is 521. The van der Waals surface area contributed by atoms with Gasteiger partial charge >= 0.3 is 5.97 Å². The molecule has 0 amide bonds. The Morgan fingerprint density at radius 1 is 1.45 bits per heavy atom. The molecule has 2 N–H and O–H groups in total. The summed E-state index contributed by atoms with van der Waals surface area (Å²) >= 11 is 0. The number of benzene rings is 1. The molecule has 1 rings (SSSR count). The number of ether oxygens (including phenoxy) is 1. The Kier molecular flexibility index (Phi) is 5.51. The Morgan fingerprint density at radius 2 is 2.15 bits per heavy atom. The standard InChI is InChI=1S/C15H19FN2O2/c1-15(2,10-17)7-3-4-8-20-14(19)11-5-6-12(16)13(18)9-11/h5-6,9H,3-4,7-8,18H2,1-2H3. The van der Waals surface area contributed by atoms with Gasteiger partial charge in [-0.2, -0.15) is 5.26 Å². The number of nitrogens with two attached hydrogens (primary N) is 1. The summed E-state index contributed by atoms with van der Waals surface area (Å²) in [6, 6.07) is 5.96. The lowest BCUT2D eigenvalue weighted by Crippen LogP contribution is -2.10. The van der Waals surface area contributed by atoms with Gasteiger partial charge in [0.05, 0.1) is 29.3 Å². The van der Waals surface area contributed by atoms with Crippen LogP contribution >= 0.6 is 0 Å². The summed E-state index contributed by atoms with van der Waals surface area (Å²) in [6.45, 7) is 4.03. The molecule has 0 saturated carbocycles. The van der Waals surface area contributed by atoms with Gasteiger partial charge in [0, 0.05) is 0 Å². The van der Waals surface area contributed by atoms with Crippen LogP contribution in [0.15, 0.2) is 18.2 Å². The van der Waals surface area contributed by atoms with Crippen molar-refractivity contribution in [3.05, 3.63) is 29.6 Å². The van der Waals surface area contributed by atoms with Crippen LogP contribution in [0.5, 0.6) is 0 Å². The molecular formula is C15H19FN2O2. The van der Waals surface area contributed by atoms with Crippen LogP contribution in [0.4, 0.5) is 10.1 Å². The van der Waals surface area contributed by atoms with Crippen molar-refractivity contribution >= 4 is 11.7 Å². The highest BCUT2D eigenvalue weighted by Gasteiger charge is 2.15. The molecule has 0 bridgehead atoms. The Balaban J connectivity index is 2.34. The maximum Gasteiger partial charge on any atom is 0.338 e. The van der Waals surface area contributed by atoms with Gasteiger partial charge in [0.1, 0.15) is 5.82 Å². The first-order valence-electron chi connectivity index (χ1n) is 6.49. The molecule has 20 heavy (non-hydrogen) atoms. The van der Waals surface area contributed by atoms with Crippen LogP contribution in [0.2, 0.25) is 0 Å². The molecule has 0 heterocycles. The second-order valence-electron chi connectivity index (χ2n) is 5.33. The van der Waals surface area contributed by atoms with Crippen LogP contribution in [0.3, 0.4) is 0 Å². The van der Waals surface area contributed by atoms with Crippen molar-refractivity contribution in [2.75, 3.05) is 12.3 Å². The van der Waals surface area contributed by atoms with Crippen molar-refractivity contribution in [3.8, 4) is 6.07 Å². The van der Waals surface area contributed by atoms with E-state index in [0.717, 1.165) is 18.9 Å². The summed E-state index contributed by atoms with van der Waals surface area (Å²) in [7, 11) is 0. The third-order valence-electron chi connectivity index (χ3n) is 2.96. The van der Waals surface area contributed by atoms with E-state index >= 15 is 0 Å². The number of carbonyl (C=O) groups excluding carboxylic acids is 1. The van der Waals surface area contributed by atoms with E-state index in [1.807, 2.05) is 13.8 Å². The lowest BCUT2D eigenvalue weighted by Gasteiger charge is -2.14. The van der Waals surface area contributed by atoms with E-state index in [9.17, 15) is 9.18 Å². The van der Waals surface area contributed by atoms with Gasteiger partial charge in [-0.15, -0.1) is 0 Å². The van der Waals surface area contributed by atoms with Crippen LogP contribution in [0, 0.1) is 22.6 Å². The number of nitriles is 1. The Morgan fingerprint density at radius 3 is 2.75 bits per heavy atom. The predicted octanol–water partition coefficient (Wildman–Crippen LogP) is 3.28. The maximum atomic E-state index is 13.0. The van der Waals surface area contributed by atoms with E-state index in [2.05, 4.69) is 6.07 Å². The van der Waals surface area contributed by atoms with Gasteiger partial charge in [-0.25, -0.2) is 9.18 Å². The van der Waals surface area contributed by atoms with Gasteiger partial charge in [0.2, 0.25) is 0 Å². The summed E-state index contributed by atoms with van der Waals surface area (Å²) < 4.78 is 18.0. The average Bonchev–Trinajstić information content (AvgIpc) is 2.41. The fourth-order valence-corrected chi connectivity index (χ4v) is 1.64. The van der Waals surface area contributed by atoms with Crippen molar-refractivity contribution in [1.29, 1.82) is 5.26 Å². The summed E-state index contributed by atoms with van der Waals surface area (Å²) in [6.07, 6.45) is 2.25. The van der Waals surface area contributed by atoms with Crippen molar-refractivity contribution in [3.63, 3.8) is 0 Å². The molecule has 0 aromatic heterocycles. The zero-order valence-corrected chi connectivity index (χ0v) is 11.8. The maximum absolute atomic E-state index is 13.0. The molecular weight excluding hydrogens is 259 g/mol. The third-order valence-corrected chi connectivity index (χ3v) is 2.96. The number of unbranched alkanes of at least 4 members (excludes halogenated alkanes) is 1. The van der Waals surface area contributed by atoms with Crippen molar-refractivity contribution < 1.29 is 13.9 Å². The van der Waals surface area contributed by atoms with Gasteiger partial charge in [-0.3, -0.25) is 0 Å². The van der Waals surface area contributed by atoms with Crippen molar-refractivity contribution in [1.82, 2.24) is 0 Å². The van der Waals surface area contributed by atoms with Crippen LogP contribution in [-0.4, -0.2) is 12.6 Å². The summed E-state index contributed by atoms with van der Waals surface area (Å²) in [4.78, 5) is 11.7. The molecule has 0 unspecified atom stereocenters. The first-order valence-corrected chi connectivity index (χ1v) is 6.49. The molecule has 0 aliphatic rings. The average molecular weight is 278 g/mol. The van der Waals surface area contributed by atoms with E-state index in [-0.39, 0.29) is 23.3 Å². The normalized spacial score (nSPS) is 10.9. The van der Waals surface area contributed by atoms with Gasteiger partial charge in [-0.05, 0) is 51.3 Å². The zero-order chi connectivity index (χ0) is 15.2. The predicted molar refractivity (Wildman–Crippen MR) is 74.3 cm³/mol. The quantitative estimate of drug-likeness (QED) is 0.492. The number of hydrogen-bond donors (Lipinski definition) is 1. The minimum Gasteiger partial charge on any atom is -0.462 e. The summed E-state index contributed by atoms with van der Waals surface area (Å²) in [5.41, 5.74) is 5.20. The number of nitrogen functional groups attached to an aromatic ring is 1. The highest BCUT2D eigenvalue weighted by Crippen LogP contribution is 2.21. The second-order valence-corrected chi connectivity index (χ2v) is 5.33. The number of rotatable bonds is 6. The molecule has 1 aromatic carbocycles. The highest BCUT2D eigenvalue weighted by atomic mass is 19.1. The molecule has 4 nitrogen and oxygen atoms in total. The number of halogens is 1.